The average Bonchev–Trinajstić information content (AvgIpc) is 3.00. The topological polar surface area (TPSA) is 48.6 Å². The van der Waals surface area contributed by atoms with Gasteiger partial charge in [-0.05, 0) is 39.1 Å². The number of nitrogens with zero attached hydrogens (tertiary/aromatic N) is 1. The quantitative estimate of drug-likeness (QED) is 0.810. The van der Waals surface area contributed by atoms with Crippen LogP contribution >= 0.6 is 0 Å². The summed E-state index contributed by atoms with van der Waals surface area (Å²) >= 11 is 0. The minimum Gasteiger partial charge on any atom is -0.467 e. The van der Waals surface area contributed by atoms with Gasteiger partial charge in [0.05, 0.1) is 6.26 Å². The molecule has 0 amide bonds. The smallest absolute Gasteiger partial charge is 0.133 e. The number of likely N-dealkylation sites (N-methyl/N-ethyl adjacent to an activating group) is 1. The van der Waals surface area contributed by atoms with Crippen LogP contribution in [0, 0.1) is 0 Å². The molecule has 0 spiro atoms. The van der Waals surface area contributed by atoms with Gasteiger partial charge in [0, 0.05) is 18.6 Å². The zero-order valence-electron chi connectivity index (χ0n) is 11.4. The molecule has 102 valence electrons. The summed E-state index contributed by atoms with van der Waals surface area (Å²) in [6.45, 7) is 1.47. The van der Waals surface area contributed by atoms with Crippen molar-refractivity contribution in [2.24, 2.45) is 0 Å². The lowest BCUT2D eigenvalue weighted by Crippen LogP contribution is -2.50. The molecule has 4 heteroatoms. The fraction of sp³-hybridized carbons (Fsp3) is 0.714. The van der Waals surface area contributed by atoms with Crippen molar-refractivity contribution in [3.63, 3.8) is 0 Å². The van der Waals surface area contributed by atoms with Crippen LogP contribution in [0.15, 0.2) is 22.8 Å². The minimum atomic E-state index is -0.555. The van der Waals surface area contributed by atoms with E-state index in [0.717, 1.165) is 6.54 Å². The second-order valence-electron chi connectivity index (χ2n) is 5.49. The largest absolute Gasteiger partial charge is 0.467 e. The average molecular weight is 252 g/mol. The van der Waals surface area contributed by atoms with Crippen LogP contribution in [0.4, 0.5) is 0 Å². The lowest BCUT2D eigenvalue weighted by atomic mass is 9.96. The first-order valence-electron chi connectivity index (χ1n) is 6.74. The molecule has 0 aliphatic heterocycles. The van der Waals surface area contributed by atoms with Gasteiger partial charge in [-0.1, -0.05) is 12.8 Å². The van der Waals surface area contributed by atoms with Gasteiger partial charge >= 0.3 is 0 Å². The van der Waals surface area contributed by atoms with E-state index in [9.17, 15) is 5.11 Å². The van der Waals surface area contributed by atoms with E-state index in [1.54, 1.807) is 12.3 Å². The third-order valence-corrected chi connectivity index (χ3v) is 4.15. The van der Waals surface area contributed by atoms with Gasteiger partial charge in [-0.15, -0.1) is 0 Å². The molecule has 1 aliphatic rings. The van der Waals surface area contributed by atoms with Crippen LogP contribution in [0.3, 0.4) is 0 Å². The zero-order valence-corrected chi connectivity index (χ0v) is 11.4. The van der Waals surface area contributed by atoms with Gasteiger partial charge in [0.2, 0.25) is 0 Å². The molecule has 2 N–H and O–H groups in total. The van der Waals surface area contributed by atoms with Gasteiger partial charge < -0.3 is 19.7 Å². The highest BCUT2D eigenvalue weighted by Crippen LogP contribution is 2.33. The van der Waals surface area contributed by atoms with Crippen molar-refractivity contribution in [1.29, 1.82) is 0 Å². The second-order valence-corrected chi connectivity index (χ2v) is 5.49. The first-order valence-corrected chi connectivity index (χ1v) is 6.74. The van der Waals surface area contributed by atoms with Crippen LogP contribution in [0.5, 0.6) is 0 Å². The van der Waals surface area contributed by atoms with Crippen LogP contribution in [0.2, 0.25) is 0 Å². The van der Waals surface area contributed by atoms with Crippen molar-refractivity contribution in [2.45, 2.75) is 37.3 Å². The highest BCUT2D eigenvalue weighted by molar-refractivity contribution is 5.02. The van der Waals surface area contributed by atoms with Gasteiger partial charge in [-0.2, -0.15) is 0 Å². The summed E-state index contributed by atoms with van der Waals surface area (Å²) in [5.74, 6) is 0.632. The monoisotopic (exact) mass is 252 g/mol. The van der Waals surface area contributed by atoms with E-state index < -0.39 is 6.10 Å². The number of rotatable bonds is 6. The molecule has 0 bridgehead atoms. The van der Waals surface area contributed by atoms with Crippen LogP contribution in [-0.4, -0.2) is 42.7 Å². The van der Waals surface area contributed by atoms with E-state index in [2.05, 4.69) is 24.3 Å². The molecule has 1 heterocycles. The molecule has 2 rings (SSSR count). The zero-order chi connectivity index (χ0) is 13.0. The third-order valence-electron chi connectivity index (χ3n) is 4.15. The molecule has 1 atom stereocenters. The van der Waals surface area contributed by atoms with E-state index in [-0.39, 0.29) is 5.54 Å². The highest BCUT2D eigenvalue weighted by Gasteiger charge is 2.35. The van der Waals surface area contributed by atoms with Crippen molar-refractivity contribution < 1.29 is 9.52 Å². The van der Waals surface area contributed by atoms with Crippen LogP contribution in [0.1, 0.15) is 37.5 Å². The van der Waals surface area contributed by atoms with Crippen molar-refractivity contribution >= 4 is 0 Å². The van der Waals surface area contributed by atoms with E-state index in [1.807, 2.05) is 6.07 Å². The number of hydrogen-bond acceptors (Lipinski definition) is 4. The maximum absolute atomic E-state index is 9.94. The number of aliphatic hydroxyl groups is 1. The molecule has 0 saturated heterocycles. The van der Waals surface area contributed by atoms with Gasteiger partial charge in [-0.25, -0.2) is 0 Å². The summed E-state index contributed by atoms with van der Waals surface area (Å²) in [4.78, 5) is 2.33. The molecular formula is C14H24N2O2. The van der Waals surface area contributed by atoms with Crippen LogP contribution in [-0.2, 0) is 0 Å². The summed E-state index contributed by atoms with van der Waals surface area (Å²) in [7, 11) is 4.30. The molecule has 1 fully saturated rings. The van der Waals surface area contributed by atoms with Crippen LogP contribution in [0.25, 0.3) is 0 Å². The highest BCUT2D eigenvalue weighted by atomic mass is 16.4. The Morgan fingerprint density at radius 2 is 2.17 bits per heavy atom. The number of nitrogens with one attached hydrogen (secondary N) is 1. The maximum Gasteiger partial charge on any atom is 0.133 e. The standard InChI is InChI=1S/C14H24N2O2/c1-16(2)14(7-3-4-8-14)11-15-10-12(17)13-6-5-9-18-13/h5-6,9,12,15,17H,3-4,7-8,10-11H2,1-2H3. The first kappa shape index (κ1) is 13.6. The molecular weight excluding hydrogens is 228 g/mol. The Kier molecular flexibility index (Phi) is 4.43. The van der Waals surface area contributed by atoms with E-state index in [0.29, 0.717) is 12.3 Å². The van der Waals surface area contributed by atoms with Gasteiger partial charge in [0.25, 0.3) is 0 Å². The lowest BCUT2D eigenvalue weighted by Gasteiger charge is -2.36. The molecule has 0 aromatic carbocycles. The van der Waals surface area contributed by atoms with E-state index in [4.69, 9.17) is 4.42 Å². The fourth-order valence-corrected chi connectivity index (χ4v) is 2.84. The molecule has 0 radical (unpaired) electrons. The second kappa shape index (κ2) is 5.87. The molecule has 18 heavy (non-hydrogen) atoms. The third kappa shape index (κ3) is 2.94. The van der Waals surface area contributed by atoms with Crippen molar-refractivity contribution in [2.75, 3.05) is 27.2 Å². The number of aliphatic hydroxyl groups excluding tert-OH is 1. The normalized spacial score (nSPS) is 20.4. The van der Waals surface area contributed by atoms with Gasteiger partial charge in [0.15, 0.2) is 0 Å². The SMILES string of the molecule is CN(C)C1(CNCC(O)c2ccco2)CCCC1. The summed E-state index contributed by atoms with van der Waals surface area (Å²) < 4.78 is 5.19. The van der Waals surface area contributed by atoms with Gasteiger partial charge in [0.1, 0.15) is 11.9 Å². The fourth-order valence-electron chi connectivity index (χ4n) is 2.84. The molecule has 1 aliphatic carbocycles. The van der Waals surface area contributed by atoms with Crippen LogP contribution < -0.4 is 5.32 Å². The first-order chi connectivity index (χ1) is 8.64. The summed E-state index contributed by atoms with van der Waals surface area (Å²) in [5, 5.41) is 13.3. The molecule has 1 aromatic heterocycles. The minimum absolute atomic E-state index is 0.267. The summed E-state index contributed by atoms with van der Waals surface area (Å²) in [6, 6.07) is 3.61. The number of furan rings is 1. The Morgan fingerprint density at radius 3 is 2.72 bits per heavy atom. The molecule has 1 aromatic rings. The Hall–Kier alpha value is -0.840. The Morgan fingerprint density at radius 1 is 1.44 bits per heavy atom. The molecule has 1 saturated carbocycles. The lowest BCUT2D eigenvalue weighted by molar-refractivity contribution is 0.122. The summed E-state index contributed by atoms with van der Waals surface area (Å²) in [5.41, 5.74) is 0.267. The van der Waals surface area contributed by atoms with Gasteiger partial charge in [-0.3, -0.25) is 0 Å². The van der Waals surface area contributed by atoms with Crippen molar-refractivity contribution in [1.82, 2.24) is 10.2 Å². The Labute approximate surface area is 109 Å². The Bertz CT molecular complexity index is 343. The number of hydrogen-bond donors (Lipinski definition) is 2. The maximum atomic E-state index is 9.94. The molecule has 1 unspecified atom stereocenters. The van der Waals surface area contributed by atoms with Crippen molar-refractivity contribution in [3.8, 4) is 0 Å². The Balaban J connectivity index is 1.80. The summed E-state index contributed by atoms with van der Waals surface area (Å²) in [6.07, 6.45) is 6.13. The van der Waals surface area contributed by atoms with E-state index >= 15 is 0 Å². The predicted molar refractivity (Wildman–Crippen MR) is 71.4 cm³/mol. The molecule has 4 nitrogen and oxygen atoms in total. The van der Waals surface area contributed by atoms with Crippen molar-refractivity contribution in [3.05, 3.63) is 24.2 Å². The van der Waals surface area contributed by atoms with E-state index in [1.165, 1.54) is 25.7 Å². The predicted octanol–water partition coefficient (Wildman–Crippen LogP) is 1.78.